The van der Waals surface area contributed by atoms with E-state index in [4.69, 9.17) is 9.84 Å². The van der Waals surface area contributed by atoms with Gasteiger partial charge in [-0.25, -0.2) is 4.79 Å². The van der Waals surface area contributed by atoms with E-state index in [1.54, 1.807) is 31.4 Å². The van der Waals surface area contributed by atoms with E-state index in [9.17, 15) is 19.8 Å². The summed E-state index contributed by atoms with van der Waals surface area (Å²) in [6.07, 6.45) is -1.17. The van der Waals surface area contributed by atoms with Gasteiger partial charge in [-0.1, -0.05) is 30.3 Å². The number of aromatic carboxylic acids is 1. The number of carbonyl (C=O) groups excluding carboxylic acids is 1. The minimum Gasteiger partial charge on any atom is -0.508 e. The Kier molecular flexibility index (Phi) is 6.47. The highest BCUT2D eigenvalue weighted by Crippen LogP contribution is 2.33. The number of aliphatic hydroxyl groups excluding tert-OH is 1. The summed E-state index contributed by atoms with van der Waals surface area (Å²) in [5, 5.41) is 34.6. The first-order chi connectivity index (χ1) is 16.4. The van der Waals surface area contributed by atoms with Crippen molar-refractivity contribution in [3.05, 3.63) is 107 Å². The Morgan fingerprint density at radius 3 is 2.21 bits per heavy atom. The zero-order chi connectivity index (χ0) is 24.2. The smallest absolute Gasteiger partial charge is 0.335 e. The largest absolute Gasteiger partial charge is 0.508 e. The predicted octanol–water partition coefficient (Wildman–Crippen LogP) is 4.26. The lowest BCUT2D eigenvalue weighted by atomic mass is 9.96. The molecular weight excluding hydrogens is 434 g/mol. The number of fused-ring (bicyclic) bond motifs is 1. The molecule has 0 aliphatic carbocycles. The molecule has 7 heteroatoms. The topological polar surface area (TPSA) is 116 Å². The highest BCUT2D eigenvalue weighted by Gasteiger charge is 2.17. The average molecular weight is 457 g/mol. The molecular formula is C27H23NO6. The number of benzene rings is 4. The normalized spacial score (nSPS) is 11.7. The molecule has 4 aromatic carbocycles. The molecule has 172 valence electrons. The molecule has 0 bridgehead atoms. The van der Waals surface area contributed by atoms with Crippen LogP contribution in [0.1, 0.15) is 43.5 Å². The average Bonchev–Trinajstić information content (AvgIpc) is 2.86. The van der Waals surface area contributed by atoms with Gasteiger partial charge < -0.3 is 25.4 Å². The third kappa shape index (κ3) is 4.84. The van der Waals surface area contributed by atoms with Gasteiger partial charge in [0.2, 0.25) is 0 Å². The van der Waals surface area contributed by atoms with E-state index >= 15 is 0 Å². The number of hydrogen-bond acceptors (Lipinski definition) is 5. The number of hydrogen-bond donors (Lipinski definition) is 4. The summed E-state index contributed by atoms with van der Waals surface area (Å²) in [4.78, 5) is 23.7. The van der Waals surface area contributed by atoms with E-state index in [1.807, 2.05) is 24.3 Å². The Balaban J connectivity index is 1.55. The second kappa shape index (κ2) is 9.64. The maximum atomic E-state index is 12.7. The summed E-state index contributed by atoms with van der Waals surface area (Å²) >= 11 is 0. The van der Waals surface area contributed by atoms with Crippen LogP contribution < -0.4 is 10.1 Å². The van der Waals surface area contributed by atoms with Crippen LogP contribution in [0.5, 0.6) is 11.5 Å². The number of carboxylic acids is 1. The van der Waals surface area contributed by atoms with Crippen LogP contribution in [0, 0.1) is 0 Å². The zero-order valence-corrected chi connectivity index (χ0v) is 18.4. The number of amides is 1. The molecule has 1 amide bonds. The quantitative estimate of drug-likeness (QED) is 0.330. The molecule has 0 saturated carbocycles. The molecule has 7 nitrogen and oxygen atoms in total. The second-order valence-corrected chi connectivity index (χ2v) is 7.83. The molecule has 0 fully saturated rings. The van der Waals surface area contributed by atoms with Crippen LogP contribution in [-0.4, -0.2) is 34.3 Å². The second-order valence-electron chi connectivity index (χ2n) is 7.83. The minimum atomic E-state index is -1.17. The number of nitrogens with one attached hydrogen (secondary N) is 1. The molecule has 0 aliphatic heterocycles. The maximum absolute atomic E-state index is 12.7. The summed E-state index contributed by atoms with van der Waals surface area (Å²) in [6.45, 7) is 0.354. The van der Waals surface area contributed by atoms with Crippen LogP contribution in [0.15, 0.2) is 78.9 Å². The molecule has 4 aromatic rings. The number of aromatic hydroxyl groups is 1. The van der Waals surface area contributed by atoms with Gasteiger partial charge in [0, 0.05) is 17.7 Å². The Labute approximate surface area is 195 Å². The highest BCUT2D eigenvalue weighted by molar-refractivity contribution is 5.99. The van der Waals surface area contributed by atoms with Crippen molar-refractivity contribution in [1.29, 1.82) is 0 Å². The van der Waals surface area contributed by atoms with Crippen LogP contribution in [0.25, 0.3) is 10.8 Å². The van der Waals surface area contributed by atoms with Crippen LogP contribution >= 0.6 is 0 Å². The predicted molar refractivity (Wildman–Crippen MR) is 127 cm³/mol. The molecule has 0 spiro atoms. The Hall–Kier alpha value is -4.36. The number of aliphatic hydroxyl groups is 1. The first-order valence-electron chi connectivity index (χ1n) is 10.5. The van der Waals surface area contributed by atoms with E-state index in [0.717, 1.165) is 11.3 Å². The zero-order valence-electron chi connectivity index (χ0n) is 18.4. The van der Waals surface area contributed by atoms with E-state index in [0.29, 0.717) is 28.4 Å². The number of rotatable bonds is 7. The van der Waals surface area contributed by atoms with Crippen molar-refractivity contribution in [3.63, 3.8) is 0 Å². The van der Waals surface area contributed by atoms with Crippen molar-refractivity contribution in [3.8, 4) is 11.5 Å². The van der Waals surface area contributed by atoms with Gasteiger partial charge in [-0.2, -0.15) is 0 Å². The summed E-state index contributed by atoms with van der Waals surface area (Å²) in [5.41, 5.74) is 2.17. The van der Waals surface area contributed by atoms with Gasteiger partial charge in [-0.15, -0.1) is 0 Å². The number of ether oxygens (including phenoxy) is 1. The van der Waals surface area contributed by atoms with Gasteiger partial charge in [0.1, 0.15) is 17.6 Å². The summed E-state index contributed by atoms with van der Waals surface area (Å²) < 4.78 is 5.14. The standard InChI is InChI=1S/C27H23NO6/c1-34-22-10-2-16(3-11-22)15-28-26(31)20-9-8-19-14-24(29)23(13-21(19)12-20)25(30)17-4-6-18(7-5-17)27(32)33/h2-14,25,29-30H,15H2,1H3,(H,28,31)(H,32,33). The van der Waals surface area contributed by atoms with E-state index in [1.165, 1.54) is 30.3 Å². The fourth-order valence-electron chi connectivity index (χ4n) is 3.68. The van der Waals surface area contributed by atoms with Crippen molar-refractivity contribution in [2.24, 2.45) is 0 Å². The van der Waals surface area contributed by atoms with Crippen LogP contribution in [-0.2, 0) is 6.54 Å². The van der Waals surface area contributed by atoms with Gasteiger partial charge in [0.15, 0.2) is 0 Å². The number of carbonyl (C=O) groups is 2. The fraction of sp³-hybridized carbons (Fsp3) is 0.111. The molecule has 1 unspecified atom stereocenters. The number of phenolic OH excluding ortho intramolecular Hbond substituents is 1. The van der Waals surface area contributed by atoms with E-state index in [-0.39, 0.29) is 22.8 Å². The van der Waals surface area contributed by atoms with Crippen molar-refractivity contribution < 1.29 is 29.6 Å². The molecule has 0 aromatic heterocycles. The van der Waals surface area contributed by atoms with Crippen LogP contribution in [0.3, 0.4) is 0 Å². The van der Waals surface area contributed by atoms with E-state index in [2.05, 4.69) is 5.32 Å². The molecule has 0 saturated heterocycles. The van der Waals surface area contributed by atoms with Gasteiger partial charge in [0.05, 0.1) is 12.7 Å². The van der Waals surface area contributed by atoms with Gasteiger partial charge in [-0.05, 0) is 70.4 Å². The lowest BCUT2D eigenvalue weighted by Gasteiger charge is -2.15. The third-order valence-corrected chi connectivity index (χ3v) is 5.63. The Morgan fingerprint density at radius 2 is 1.56 bits per heavy atom. The Morgan fingerprint density at radius 1 is 0.882 bits per heavy atom. The fourth-order valence-corrected chi connectivity index (χ4v) is 3.68. The maximum Gasteiger partial charge on any atom is 0.335 e. The highest BCUT2D eigenvalue weighted by atomic mass is 16.5. The van der Waals surface area contributed by atoms with Crippen molar-refractivity contribution in [1.82, 2.24) is 5.32 Å². The summed E-state index contributed by atoms with van der Waals surface area (Å²) in [7, 11) is 1.59. The molecule has 0 radical (unpaired) electrons. The van der Waals surface area contributed by atoms with Crippen LogP contribution in [0.4, 0.5) is 0 Å². The molecule has 1 atom stereocenters. The number of carboxylic acid groups (broad SMARTS) is 1. The van der Waals surface area contributed by atoms with Gasteiger partial charge in [0.25, 0.3) is 5.91 Å². The summed E-state index contributed by atoms with van der Waals surface area (Å²) in [5.74, 6) is -0.674. The third-order valence-electron chi connectivity index (χ3n) is 5.63. The molecule has 0 aliphatic rings. The molecule has 0 heterocycles. The van der Waals surface area contributed by atoms with Crippen molar-refractivity contribution in [2.45, 2.75) is 12.6 Å². The minimum absolute atomic E-state index is 0.0981. The number of phenols is 1. The lowest BCUT2D eigenvalue weighted by Crippen LogP contribution is -2.22. The summed E-state index contributed by atoms with van der Waals surface area (Å²) in [6, 6.07) is 21.4. The molecule has 34 heavy (non-hydrogen) atoms. The molecule has 4 rings (SSSR count). The van der Waals surface area contributed by atoms with Gasteiger partial charge in [-0.3, -0.25) is 4.79 Å². The first-order valence-corrected chi connectivity index (χ1v) is 10.5. The van der Waals surface area contributed by atoms with Crippen LogP contribution in [0.2, 0.25) is 0 Å². The Bertz CT molecular complexity index is 1350. The number of methoxy groups -OCH3 is 1. The van der Waals surface area contributed by atoms with Gasteiger partial charge >= 0.3 is 5.97 Å². The first kappa shape index (κ1) is 22.8. The lowest BCUT2D eigenvalue weighted by molar-refractivity contribution is 0.0696. The molecule has 4 N–H and O–H groups in total. The van der Waals surface area contributed by atoms with E-state index < -0.39 is 12.1 Å². The SMILES string of the molecule is COc1ccc(CNC(=O)c2ccc3cc(O)c(C(O)c4ccc(C(=O)O)cc4)cc3c2)cc1. The monoisotopic (exact) mass is 457 g/mol. The van der Waals surface area contributed by atoms with Crippen molar-refractivity contribution >= 4 is 22.6 Å². The van der Waals surface area contributed by atoms with Crippen molar-refractivity contribution in [2.75, 3.05) is 7.11 Å².